The van der Waals surface area contributed by atoms with Crippen molar-refractivity contribution < 1.29 is 4.42 Å². The summed E-state index contributed by atoms with van der Waals surface area (Å²) in [5, 5.41) is 4.76. The molecule has 0 atom stereocenters. The molecule has 2 aromatic heterocycles. The first-order chi connectivity index (χ1) is 14.4. The van der Waals surface area contributed by atoms with Gasteiger partial charge in [-0.15, -0.1) is 0 Å². The van der Waals surface area contributed by atoms with Crippen LogP contribution < -0.4 is 0 Å². The van der Waals surface area contributed by atoms with Gasteiger partial charge in [0.2, 0.25) is 0 Å². The first kappa shape index (κ1) is 16.8. The Bertz CT molecular complexity index is 1320. The Morgan fingerprint density at radius 3 is 2.38 bits per heavy atom. The number of hydrogen-bond acceptors (Lipinski definition) is 2. The lowest BCUT2D eigenvalue weighted by Gasteiger charge is -2.21. The fraction of sp³-hybridized carbons (Fsp3) is 0.222. The molecular weight excluding hydrogens is 354 g/mol. The van der Waals surface area contributed by atoms with Crippen LogP contribution in [-0.2, 0) is 0 Å². The second-order valence-corrected chi connectivity index (χ2v) is 8.29. The molecule has 3 aromatic carbocycles. The molecule has 0 radical (unpaired) electrons. The van der Waals surface area contributed by atoms with E-state index in [2.05, 4.69) is 72.9 Å². The minimum atomic E-state index is 0.680. The van der Waals surface area contributed by atoms with E-state index < -0.39 is 0 Å². The normalized spacial score (nSPS) is 15.4. The molecule has 0 saturated heterocycles. The van der Waals surface area contributed by atoms with Gasteiger partial charge < -0.3 is 4.42 Å². The van der Waals surface area contributed by atoms with Crippen LogP contribution in [0, 0.1) is 0 Å². The average Bonchev–Trinajstić information content (AvgIpc) is 3.16. The lowest BCUT2D eigenvalue weighted by Crippen LogP contribution is -2.04. The molecule has 29 heavy (non-hydrogen) atoms. The number of para-hydroxylation sites is 1. The number of aromatic nitrogens is 1. The fourth-order valence-corrected chi connectivity index (χ4v) is 4.93. The van der Waals surface area contributed by atoms with Crippen molar-refractivity contribution in [3.05, 3.63) is 78.5 Å². The van der Waals surface area contributed by atoms with Gasteiger partial charge in [-0.3, -0.25) is 4.98 Å². The van der Waals surface area contributed by atoms with E-state index in [1.54, 1.807) is 0 Å². The van der Waals surface area contributed by atoms with Gasteiger partial charge in [-0.25, -0.2) is 0 Å². The third kappa shape index (κ3) is 2.82. The summed E-state index contributed by atoms with van der Waals surface area (Å²) in [5.74, 6) is 0.680. The average molecular weight is 377 g/mol. The van der Waals surface area contributed by atoms with Gasteiger partial charge in [-0.05, 0) is 59.4 Å². The zero-order valence-electron chi connectivity index (χ0n) is 16.4. The highest BCUT2D eigenvalue weighted by Crippen LogP contribution is 2.38. The number of nitrogens with zero attached hydrogens (tertiary/aromatic N) is 1. The minimum absolute atomic E-state index is 0.680. The van der Waals surface area contributed by atoms with Gasteiger partial charge in [0.1, 0.15) is 11.2 Å². The quantitative estimate of drug-likeness (QED) is 0.313. The summed E-state index contributed by atoms with van der Waals surface area (Å²) in [6.07, 6.45) is 8.76. The first-order valence-electron chi connectivity index (χ1n) is 10.7. The molecule has 0 unspecified atom stereocenters. The molecule has 1 saturated carbocycles. The predicted octanol–water partition coefficient (Wildman–Crippen LogP) is 7.85. The van der Waals surface area contributed by atoms with E-state index in [4.69, 9.17) is 9.40 Å². The molecule has 2 heteroatoms. The van der Waals surface area contributed by atoms with Crippen LogP contribution in [0.25, 0.3) is 44.0 Å². The molecule has 0 bridgehead atoms. The highest BCUT2D eigenvalue weighted by atomic mass is 16.3. The summed E-state index contributed by atoms with van der Waals surface area (Å²) in [6, 6.07) is 23.6. The lowest BCUT2D eigenvalue weighted by atomic mass is 9.85. The van der Waals surface area contributed by atoms with Gasteiger partial charge in [0.25, 0.3) is 0 Å². The van der Waals surface area contributed by atoms with Gasteiger partial charge in [-0.2, -0.15) is 0 Å². The second kappa shape index (κ2) is 6.73. The molecule has 1 fully saturated rings. The maximum absolute atomic E-state index is 6.35. The van der Waals surface area contributed by atoms with Crippen molar-refractivity contribution in [3.63, 3.8) is 0 Å². The predicted molar refractivity (Wildman–Crippen MR) is 120 cm³/mol. The molecule has 2 heterocycles. The second-order valence-electron chi connectivity index (χ2n) is 8.29. The van der Waals surface area contributed by atoms with Crippen LogP contribution in [0.1, 0.15) is 43.6 Å². The van der Waals surface area contributed by atoms with Crippen LogP contribution in [0.15, 0.2) is 77.3 Å². The number of hydrogen-bond donors (Lipinski definition) is 0. The van der Waals surface area contributed by atoms with Gasteiger partial charge in [-0.1, -0.05) is 61.7 Å². The molecule has 0 spiro atoms. The Morgan fingerprint density at radius 2 is 1.59 bits per heavy atom. The van der Waals surface area contributed by atoms with Crippen LogP contribution in [0.3, 0.4) is 0 Å². The van der Waals surface area contributed by atoms with Gasteiger partial charge >= 0.3 is 0 Å². The zero-order chi connectivity index (χ0) is 19.2. The fourth-order valence-electron chi connectivity index (χ4n) is 4.93. The van der Waals surface area contributed by atoms with E-state index in [1.807, 2.05) is 0 Å². The largest absolute Gasteiger partial charge is 0.455 e. The highest BCUT2D eigenvalue weighted by Gasteiger charge is 2.17. The van der Waals surface area contributed by atoms with Crippen molar-refractivity contribution >= 4 is 32.7 Å². The summed E-state index contributed by atoms with van der Waals surface area (Å²) < 4.78 is 6.35. The summed E-state index contributed by atoms with van der Waals surface area (Å²) in [6.45, 7) is 0. The molecule has 6 rings (SSSR count). The van der Waals surface area contributed by atoms with Crippen LogP contribution in [-0.4, -0.2) is 4.98 Å². The molecule has 0 N–H and O–H groups in total. The SMILES string of the molecule is c1ccc2cc3c(cc2c1)oc1c(-c2ccc(C4CCCCC4)cn2)cccc13. The molecule has 1 aliphatic rings. The first-order valence-corrected chi connectivity index (χ1v) is 10.7. The van der Waals surface area contributed by atoms with E-state index >= 15 is 0 Å². The van der Waals surface area contributed by atoms with E-state index in [0.29, 0.717) is 5.92 Å². The van der Waals surface area contributed by atoms with E-state index in [1.165, 1.54) is 53.8 Å². The number of benzene rings is 3. The Kier molecular flexibility index (Phi) is 3.90. The van der Waals surface area contributed by atoms with Crippen molar-refractivity contribution in [1.29, 1.82) is 0 Å². The molecule has 0 amide bonds. The van der Waals surface area contributed by atoms with Gasteiger partial charge in [0, 0.05) is 22.5 Å². The number of fused-ring (bicyclic) bond motifs is 4. The van der Waals surface area contributed by atoms with E-state index in [-0.39, 0.29) is 0 Å². The minimum Gasteiger partial charge on any atom is -0.455 e. The third-order valence-corrected chi connectivity index (χ3v) is 6.50. The molecule has 142 valence electrons. The maximum atomic E-state index is 6.35. The smallest absolute Gasteiger partial charge is 0.144 e. The number of furan rings is 1. The van der Waals surface area contributed by atoms with Crippen LogP contribution in [0.2, 0.25) is 0 Å². The van der Waals surface area contributed by atoms with E-state index in [0.717, 1.165) is 27.8 Å². The van der Waals surface area contributed by atoms with Crippen LogP contribution in [0.5, 0.6) is 0 Å². The maximum Gasteiger partial charge on any atom is 0.144 e. The lowest BCUT2D eigenvalue weighted by molar-refractivity contribution is 0.443. The van der Waals surface area contributed by atoms with Crippen LogP contribution in [0.4, 0.5) is 0 Å². The van der Waals surface area contributed by atoms with Crippen molar-refractivity contribution in [2.24, 2.45) is 0 Å². The monoisotopic (exact) mass is 377 g/mol. The molecule has 1 aliphatic carbocycles. The summed E-state index contributed by atoms with van der Waals surface area (Å²) >= 11 is 0. The zero-order valence-corrected chi connectivity index (χ0v) is 16.4. The molecule has 2 nitrogen and oxygen atoms in total. The van der Waals surface area contributed by atoms with Crippen LogP contribution >= 0.6 is 0 Å². The number of pyridine rings is 1. The Labute approximate surface area is 170 Å². The molecular formula is C27H23NO. The molecule has 0 aliphatic heterocycles. The molecule has 5 aromatic rings. The van der Waals surface area contributed by atoms with Gasteiger partial charge in [0.05, 0.1) is 5.69 Å². The Balaban J connectivity index is 1.48. The topological polar surface area (TPSA) is 26.0 Å². The van der Waals surface area contributed by atoms with E-state index in [9.17, 15) is 0 Å². The number of rotatable bonds is 2. The summed E-state index contributed by atoms with van der Waals surface area (Å²) in [7, 11) is 0. The van der Waals surface area contributed by atoms with Crippen molar-refractivity contribution in [3.8, 4) is 11.3 Å². The van der Waals surface area contributed by atoms with Crippen molar-refractivity contribution in [1.82, 2.24) is 4.98 Å². The Hall–Kier alpha value is -3.13. The van der Waals surface area contributed by atoms with Crippen molar-refractivity contribution in [2.45, 2.75) is 38.0 Å². The van der Waals surface area contributed by atoms with Gasteiger partial charge in [0.15, 0.2) is 0 Å². The standard InChI is InChI=1S/C27H23NO/c1-2-7-18(8-3-1)21-13-14-25(28-17-21)23-12-6-11-22-24-15-19-9-4-5-10-20(19)16-26(24)29-27(22)23/h4-6,9-18H,1-3,7-8H2. The Morgan fingerprint density at radius 1 is 0.759 bits per heavy atom. The highest BCUT2D eigenvalue weighted by molar-refractivity contribution is 6.12. The summed E-state index contributed by atoms with van der Waals surface area (Å²) in [5.41, 5.74) is 5.30. The van der Waals surface area contributed by atoms with Crippen molar-refractivity contribution in [2.75, 3.05) is 0 Å². The third-order valence-electron chi connectivity index (χ3n) is 6.50. The summed E-state index contributed by atoms with van der Waals surface area (Å²) in [4.78, 5) is 4.84.